The van der Waals surface area contributed by atoms with Crippen LogP contribution in [0.3, 0.4) is 0 Å². The van der Waals surface area contributed by atoms with Crippen LogP contribution >= 0.6 is 0 Å². The predicted molar refractivity (Wildman–Crippen MR) is 59.4 cm³/mol. The number of piperidine rings is 1. The Labute approximate surface area is 91.6 Å². The number of Topliss-reactive ketones (excluding diaryl/α,β-unsaturated/α-hetero) is 1. The van der Waals surface area contributed by atoms with Crippen LogP contribution in [0.5, 0.6) is 0 Å². The lowest BCUT2D eigenvalue weighted by Crippen LogP contribution is -2.55. The molecule has 1 heterocycles. The van der Waals surface area contributed by atoms with Crippen LogP contribution in [0.4, 0.5) is 0 Å². The minimum atomic E-state index is -0.721. The molecule has 1 fully saturated rings. The maximum atomic E-state index is 12.2. The first-order valence-corrected chi connectivity index (χ1v) is 5.91. The third kappa shape index (κ3) is 2.06. The zero-order valence-electron chi connectivity index (χ0n) is 9.93. The van der Waals surface area contributed by atoms with Crippen LogP contribution in [-0.4, -0.2) is 18.2 Å². The Morgan fingerprint density at radius 3 is 2.27 bits per heavy atom. The van der Waals surface area contributed by atoms with Crippen molar-refractivity contribution in [2.75, 3.05) is 6.54 Å². The van der Waals surface area contributed by atoms with Crippen LogP contribution in [0.2, 0.25) is 0 Å². The number of hydrogen-bond acceptors (Lipinski definition) is 2. The first-order chi connectivity index (χ1) is 7.08. The summed E-state index contributed by atoms with van der Waals surface area (Å²) in [5.74, 6) is 0.0741. The van der Waals surface area contributed by atoms with E-state index in [1.54, 1.807) is 0 Å². The zero-order valence-corrected chi connectivity index (χ0v) is 9.93. The topological polar surface area (TPSA) is 46.2 Å². The Hall–Kier alpha value is -0.860. The molecule has 15 heavy (non-hydrogen) atoms. The molecule has 3 heteroatoms. The first kappa shape index (κ1) is 12.2. The molecule has 0 spiro atoms. The van der Waals surface area contributed by atoms with Gasteiger partial charge >= 0.3 is 0 Å². The van der Waals surface area contributed by atoms with Gasteiger partial charge in [0.1, 0.15) is 5.41 Å². The molecule has 1 amide bonds. The maximum absolute atomic E-state index is 12.2. The van der Waals surface area contributed by atoms with Crippen LogP contribution in [0.25, 0.3) is 0 Å². The Morgan fingerprint density at radius 1 is 1.27 bits per heavy atom. The van der Waals surface area contributed by atoms with Gasteiger partial charge in [0, 0.05) is 12.5 Å². The van der Waals surface area contributed by atoms with E-state index in [2.05, 4.69) is 5.32 Å². The van der Waals surface area contributed by atoms with Crippen LogP contribution in [-0.2, 0) is 9.59 Å². The fraction of sp³-hybridized carbons (Fsp3) is 0.833. The smallest absolute Gasteiger partial charge is 0.233 e. The molecule has 0 aromatic carbocycles. The summed E-state index contributed by atoms with van der Waals surface area (Å²) < 4.78 is 0. The molecule has 0 radical (unpaired) electrons. The molecule has 1 unspecified atom stereocenters. The van der Waals surface area contributed by atoms with Crippen molar-refractivity contribution in [2.24, 2.45) is 11.3 Å². The first-order valence-electron chi connectivity index (χ1n) is 5.91. The van der Waals surface area contributed by atoms with E-state index in [-0.39, 0.29) is 17.6 Å². The molecule has 1 atom stereocenters. The number of ketones is 1. The lowest BCUT2D eigenvalue weighted by molar-refractivity contribution is -0.149. The number of amides is 1. The molecule has 1 aliphatic heterocycles. The van der Waals surface area contributed by atoms with Gasteiger partial charge in [-0.2, -0.15) is 0 Å². The molecule has 1 saturated heterocycles. The second-order valence-corrected chi connectivity index (χ2v) is 4.56. The Balaban J connectivity index is 2.98. The second kappa shape index (κ2) is 4.77. The normalized spacial score (nSPS) is 25.1. The highest BCUT2D eigenvalue weighted by Gasteiger charge is 2.48. The van der Waals surface area contributed by atoms with Crippen molar-refractivity contribution in [1.82, 2.24) is 5.32 Å². The summed E-state index contributed by atoms with van der Waals surface area (Å²) in [5, 5.41) is 2.86. The van der Waals surface area contributed by atoms with E-state index >= 15 is 0 Å². The highest BCUT2D eigenvalue weighted by atomic mass is 16.2. The molecule has 1 N–H and O–H groups in total. The van der Waals surface area contributed by atoms with Gasteiger partial charge in [0.25, 0.3) is 0 Å². The van der Waals surface area contributed by atoms with Gasteiger partial charge in [-0.05, 0) is 12.8 Å². The molecular formula is C12H21NO2. The van der Waals surface area contributed by atoms with Crippen molar-refractivity contribution in [3.8, 4) is 0 Å². The predicted octanol–water partition coefficient (Wildman–Crippen LogP) is 1.91. The monoisotopic (exact) mass is 211 g/mol. The van der Waals surface area contributed by atoms with Crippen molar-refractivity contribution in [2.45, 2.75) is 46.5 Å². The molecule has 0 aromatic heterocycles. The average molecular weight is 211 g/mol. The summed E-state index contributed by atoms with van der Waals surface area (Å²) in [6, 6.07) is 0. The summed E-state index contributed by atoms with van der Waals surface area (Å²) in [7, 11) is 0. The molecule has 0 saturated carbocycles. The Morgan fingerprint density at radius 2 is 1.80 bits per heavy atom. The molecule has 0 bridgehead atoms. The van der Waals surface area contributed by atoms with Gasteiger partial charge in [-0.1, -0.05) is 33.6 Å². The van der Waals surface area contributed by atoms with Crippen molar-refractivity contribution < 1.29 is 9.59 Å². The lowest BCUT2D eigenvalue weighted by atomic mass is 9.69. The largest absolute Gasteiger partial charge is 0.355 e. The van der Waals surface area contributed by atoms with Gasteiger partial charge in [-0.25, -0.2) is 0 Å². The minimum absolute atomic E-state index is 0.0270. The van der Waals surface area contributed by atoms with Gasteiger partial charge < -0.3 is 5.32 Å². The summed E-state index contributed by atoms with van der Waals surface area (Å²) >= 11 is 0. The van der Waals surface area contributed by atoms with Crippen LogP contribution in [0.1, 0.15) is 46.5 Å². The molecule has 3 nitrogen and oxygen atoms in total. The molecule has 0 aromatic rings. The van der Waals surface area contributed by atoms with Gasteiger partial charge in [0.15, 0.2) is 5.78 Å². The van der Waals surface area contributed by atoms with E-state index in [0.29, 0.717) is 19.4 Å². The highest BCUT2D eigenvalue weighted by Crippen LogP contribution is 2.36. The Kier molecular flexibility index (Phi) is 3.89. The van der Waals surface area contributed by atoms with Gasteiger partial charge in [0.05, 0.1) is 0 Å². The van der Waals surface area contributed by atoms with E-state index in [9.17, 15) is 9.59 Å². The fourth-order valence-electron chi connectivity index (χ4n) is 2.54. The zero-order chi connectivity index (χ0) is 11.5. The van der Waals surface area contributed by atoms with Crippen molar-refractivity contribution in [3.63, 3.8) is 0 Å². The van der Waals surface area contributed by atoms with E-state index in [0.717, 1.165) is 12.8 Å². The van der Waals surface area contributed by atoms with Crippen LogP contribution in [0, 0.1) is 11.3 Å². The van der Waals surface area contributed by atoms with Crippen molar-refractivity contribution >= 4 is 11.7 Å². The van der Waals surface area contributed by atoms with Gasteiger partial charge in [0.2, 0.25) is 5.91 Å². The average Bonchev–Trinajstić information content (AvgIpc) is 2.22. The number of carbonyl (C=O) groups is 2. The fourth-order valence-corrected chi connectivity index (χ4v) is 2.54. The molecule has 0 aliphatic carbocycles. The van der Waals surface area contributed by atoms with Gasteiger partial charge in [-0.15, -0.1) is 0 Å². The SMILES string of the molecule is CCCC1(CCC)C(=O)NCC(C)C1=O. The third-order valence-electron chi connectivity index (χ3n) is 3.28. The molecule has 86 valence electrons. The maximum Gasteiger partial charge on any atom is 0.233 e. The summed E-state index contributed by atoms with van der Waals surface area (Å²) in [4.78, 5) is 24.1. The standard InChI is InChI=1S/C12H21NO2/c1-4-6-12(7-5-2)10(14)9(3)8-13-11(12)15/h9H,4-8H2,1-3H3,(H,13,15). The van der Waals surface area contributed by atoms with E-state index in [1.807, 2.05) is 20.8 Å². The van der Waals surface area contributed by atoms with Crippen LogP contribution < -0.4 is 5.32 Å². The second-order valence-electron chi connectivity index (χ2n) is 4.56. The van der Waals surface area contributed by atoms with E-state index < -0.39 is 5.41 Å². The minimum Gasteiger partial charge on any atom is -0.355 e. The Bertz CT molecular complexity index is 254. The number of carbonyl (C=O) groups excluding carboxylic acids is 2. The molecule has 1 aliphatic rings. The summed E-state index contributed by atoms with van der Waals surface area (Å²) in [6.45, 7) is 6.46. The number of hydrogen-bond donors (Lipinski definition) is 1. The van der Waals surface area contributed by atoms with Crippen molar-refractivity contribution in [3.05, 3.63) is 0 Å². The molecule has 1 rings (SSSR count). The lowest BCUT2D eigenvalue weighted by Gasteiger charge is -2.37. The molecular weight excluding hydrogens is 190 g/mol. The van der Waals surface area contributed by atoms with Crippen molar-refractivity contribution in [1.29, 1.82) is 0 Å². The van der Waals surface area contributed by atoms with Gasteiger partial charge in [-0.3, -0.25) is 9.59 Å². The van der Waals surface area contributed by atoms with Crippen LogP contribution in [0.15, 0.2) is 0 Å². The summed E-state index contributed by atoms with van der Waals surface area (Å²) in [5.41, 5.74) is -0.721. The summed E-state index contributed by atoms with van der Waals surface area (Å²) in [6.07, 6.45) is 3.14. The number of rotatable bonds is 4. The number of nitrogens with one attached hydrogen (secondary N) is 1. The van der Waals surface area contributed by atoms with E-state index in [1.165, 1.54) is 0 Å². The highest BCUT2D eigenvalue weighted by molar-refractivity contribution is 6.08. The van der Waals surface area contributed by atoms with E-state index in [4.69, 9.17) is 0 Å². The third-order valence-corrected chi connectivity index (χ3v) is 3.28. The quantitative estimate of drug-likeness (QED) is 0.722.